The predicted octanol–water partition coefficient (Wildman–Crippen LogP) is 2.46. The SMILES string of the molecule is CC1CCN(c2cc(C#N)ccc2[C@H](C)O)C1. The molecule has 1 unspecified atom stereocenters. The Morgan fingerprint density at radius 1 is 1.53 bits per heavy atom. The second-order valence-corrected chi connectivity index (χ2v) is 4.90. The van der Waals surface area contributed by atoms with Crippen molar-refractivity contribution in [2.45, 2.75) is 26.4 Å². The van der Waals surface area contributed by atoms with Crippen molar-refractivity contribution in [1.82, 2.24) is 0 Å². The lowest BCUT2D eigenvalue weighted by atomic mass is 10.0. The van der Waals surface area contributed by atoms with Gasteiger partial charge in [0, 0.05) is 24.3 Å². The fraction of sp³-hybridized carbons (Fsp3) is 0.500. The van der Waals surface area contributed by atoms with Gasteiger partial charge in [-0.05, 0) is 31.4 Å². The minimum atomic E-state index is -0.492. The molecule has 17 heavy (non-hydrogen) atoms. The summed E-state index contributed by atoms with van der Waals surface area (Å²) in [5, 5.41) is 18.7. The lowest BCUT2D eigenvalue weighted by Gasteiger charge is -2.23. The molecule has 1 aliphatic rings. The molecule has 0 radical (unpaired) electrons. The van der Waals surface area contributed by atoms with Crippen LogP contribution >= 0.6 is 0 Å². The molecule has 1 aliphatic heterocycles. The molecule has 0 aromatic heterocycles. The van der Waals surface area contributed by atoms with Crippen LogP contribution in [0, 0.1) is 17.2 Å². The Morgan fingerprint density at radius 3 is 2.82 bits per heavy atom. The molecule has 2 atom stereocenters. The van der Waals surface area contributed by atoms with Crippen LogP contribution in [-0.2, 0) is 0 Å². The van der Waals surface area contributed by atoms with Crippen LogP contribution in [-0.4, -0.2) is 18.2 Å². The summed E-state index contributed by atoms with van der Waals surface area (Å²) in [6.45, 7) is 6.02. The highest BCUT2D eigenvalue weighted by atomic mass is 16.3. The van der Waals surface area contributed by atoms with E-state index in [0.717, 1.165) is 24.3 Å². The molecular weight excluding hydrogens is 212 g/mol. The second kappa shape index (κ2) is 4.77. The molecule has 0 bridgehead atoms. The zero-order valence-corrected chi connectivity index (χ0v) is 10.3. The fourth-order valence-electron chi connectivity index (χ4n) is 2.39. The van der Waals surface area contributed by atoms with Gasteiger partial charge in [0.05, 0.1) is 17.7 Å². The summed E-state index contributed by atoms with van der Waals surface area (Å²) < 4.78 is 0. The van der Waals surface area contributed by atoms with Crippen LogP contribution < -0.4 is 4.90 Å². The third kappa shape index (κ3) is 2.42. The van der Waals surface area contributed by atoms with Crippen molar-refractivity contribution < 1.29 is 5.11 Å². The van der Waals surface area contributed by atoms with E-state index in [4.69, 9.17) is 5.26 Å². The van der Waals surface area contributed by atoms with E-state index in [1.165, 1.54) is 6.42 Å². The lowest BCUT2D eigenvalue weighted by molar-refractivity contribution is 0.199. The molecule has 1 N–H and O–H groups in total. The summed E-state index contributed by atoms with van der Waals surface area (Å²) >= 11 is 0. The molecule has 0 saturated carbocycles. The summed E-state index contributed by atoms with van der Waals surface area (Å²) in [7, 11) is 0. The third-order valence-corrected chi connectivity index (χ3v) is 3.37. The minimum absolute atomic E-state index is 0.492. The molecule has 1 heterocycles. The van der Waals surface area contributed by atoms with Crippen LogP contribution in [0.25, 0.3) is 0 Å². The van der Waals surface area contributed by atoms with Gasteiger partial charge < -0.3 is 10.0 Å². The quantitative estimate of drug-likeness (QED) is 0.849. The van der Waals surface area contributed by atoms with Crippen LogP contribution in [0.3, 0.4) is 0 Å². The first-order valence-corrected chi connectivity index (χ1v) is 6.09. The van der Waals surface area contributed by atoms with E-state index in [1.807, 2.05) is 12.1 Å². The maximum absolute atomic E-state index is 9.78. The zero-order valence-electron chi connectivity index (χ0n) is 10.3. The number of anilines is 1. The molecule has 0 amide bonds. The molecule has 2 rings (SSSR count). The number of aliphatic hydroxyl groups is 1. The Balaban J connectivity index is 2.39. The molecule has 0 spiro atoms. The summed E-state index contributed by atoms with van der Waals surface area (Å²) in [5.41, 5.74) is 2.59. The third-order valence-electron chi connectivity index (χ3n) is 3.37. The molecule has 0 aliphatic carbocycles. The van der Waals surface area contributed by atoms with Crippen molar-refractivity contribution in [3.05, 3.63) is 29.3 Å². The van der Waals surface area contributed by atoms with Crippen molar-refractivity contribution in [3.63, 3.8) is 0 Å². The van der Waals surface area contributed by atoms with E-state index < -0.39 is 6.10 Å². The number of aliphatic hydroxyl groups excluding tert-OH is 1. The van der Waals surface area contributed by atoms with Gasteiger partial charge in [-0.3, -0.25) is 0 Å². The molecule has 1 aromatic rings. The van der Waals surface area contributed by atoms with Crippen molar-refractivity contribution in [2.24, 2.45) is 5.92 Å². The molecule has 1 aromatic carbocycles. The molecule has 90 valence electrons. The van der Waals surface area contributed by atoms with Gasteiger partial charge in [-0.1, -0.05) is 13.0 Å². The maximum atomic E-state index is 9.78. The van der Waals surface area contributed by atoms with Crippen LogP contribution in [0.2, 0.25) is 0 Å². The van der Waals surface area contributed by atoms with Crippen molar-refractivity contribution in [3.8, 4) is 6.07 Å². The van der Waals surface area contributed by atoms with E-state index in [2.05, 4.69) is 17.9 Å². The average Bonchev–Trinajstić information content (AvgIpc) is 2.75. The van der Waals surface area contributed by atoms with Crippen LogP contribution in [0.5, 0.6) is 0 Å². The Hall–Kier alpha value is -1.53. The standard InChI is InChI=1S/C14H18N2O/c1-10-5-6-16(9-10)14-7-12(8-15)3-4-13(14)11(2)17/h3-4,7,10-11,17H,5-6,9H2,1-2H3/t10?,11-/m0/s1. The van der Waals surface area contributed by atoms with Gasteiger partial charge in [-0.2, -0.15) is 5.26 Å². The number of benzene rings is 1. The summed E-state index contributed by atoms with van der Waals surface area (Å²) in [6.07, 6.45) is 0.685. The first kappa shape index (κ1) is 11.9. The number of rotatable bonds is 2. The van der Waals surface area contributed by atoms with Gasteiger partial charge in [-0.15, -0.1) is 0 Å². The summed E-state index contributed by atoms with van der Waals surface area (Å²) in [6, 6.07) is 7.68. The molecule has 3 heteroatoms. The van der Waals surface area contributed by atoms with Gasteiger partial charge >= 0.3 is 0 Å². The van der Waals surface area contributed by atoms with Crippen molar-refractivity contribution in [2.75, 3.05) is 18.0 Å². The van der Waals surface area contributed by atoms with Gasteiger partial charge in [0.25, 0.3) is 0 Å². The highest BCUT2D eigenvalue weighted by Gasteiger charge is 2.22. The second-order valence-electron chi connectivity index (χ2n) is 4.90. The number of hydrogen-bond donors (Lipinski definition) is 1. The monoisotopic (exact) mass is 230 g/mol. The Labute approximate surface area is 102 Å². The zero-order chi connectivity index (χ0) is 12.4. The molecule has 3 nitrogen and oxygen atoms in total. The van der Waals surface area contributed by atoms with Crippen LogP contribution in [0.4, 0.5) is 5.69 Å². The fourth-order valence-corrected chi connectivity index (χ4v) is 2.39. The van der Waals surface area contributed by atoms with Crippen LogP contribution in [0.1, 0.15) is 37.5 Å². The van der Waals surface area contributed by atoms with Crippen molar-refractivity contribution >= 4 is 5.69 Å². The van der Waals surface area contributed by atoms with Crippen molar-refractivity contribution in [1.29, 1.82) is 5.26 Å². The highest BCUT2D eigenvalue weighted by molar-refractivity contribution is 5.59. The van der Waals surface area contributed by atoms with E-state index in [9.17, 15) is 5.11 Å². The van der Waals surface area contributed by atoms with Gasteiger partial charge in [-0.25, -0.2) is 0 Å². The summed E-state index contributed by atoms with van der Waals surface area (Å²) in [5.74, 6) is 0.683. The molecular formula is C14H18N2O. The number of nitriles is 1. The van der Waals surface area contributed by atoms with Gasteiger partial charge in [0.15, 0.2) is 0 Å². The predicted molar refractivity (Wildman–Crippen MR) is 67.8 cm³/mol. The minimum Gasteiger partial charge on any atom is -0.389 e. The Kier molecular flexibility index (Phi) is 3.35. The Bertz CT molecular complexity index is 448. The van der Waals surface area contributed by atoms with E-state index in [1.54, 1.807) is 13.0 Å². The van der Waals surface area contributed by atoms with Gasteiger partial charge in [0.2, 0.25) is 0 Å². The smallest absolute Gasteiger partial charge is 0.0992 e. The Morgan fingerprint density at radius 2 is 2.29 bits per heavy atom. The van der Waals surface area contributed by atoms with E-state index >= 15 is 0 Å². The molecule has 1 saturated heterocycles. The normalized spacial score (nSPS) is 21.3. The first-order valence-electron chi connectivity index (χ1n) is 6.09. The largest absolute Gasteiger partial charge is 0.389 e. The first-order chi connectivity index (χ1) is 8.11. The van der Waals surface area contributed by atoms with E-state index in [-0.39, 0.29) is 0 Å². The maximum Gasteiger partial charge on any atom is 0.0992 e. The highest BCUT2D eigenvalue weighted by Crippen LogP contribution is 2.31. The van der Waals surface area contributed by atoms with Crippen LogP contribution in [0.15, 0.2) is 18.2 Å². The lowest BCUT2D eigenvalue weighted by Crippen LogP contribution is -2.21. The van der Waals surface area contributed by atoms with E-state index in [0.29, 0.717) is 11.5 Å². The number of hydrogen-bond acceptors (Lipinski definition) is 3. The van der Waals surface area contributed by atoms with Gasteiger partial charge in [0.1, 0.15) is 0 Å². The topological polar surface area (TPSA) is 47.3 Å². The number of nitrogens with zero attached hydrogens (tertiary/aromatic N) is 2. The average molecular weight is 230 g/mol. The molecule has 1 fully saturated rings. The summed E-state index contributed by atoms with van der Waals surface area (Å²) in [4.78, 5) is 2.27.